The second-order valence-corrected chi connectivity index (χ2v) is 4.18. The largest absolute Gasteiger partial charge is 0.480 e. The molecule has 1 aromatic heterocycles. The van der Waals surface area contributed by atoms with Crippen LogP contribution in [0.15, 0.2) is 6.20 Å². The van der Waals surface area contributed by atoms with E-state index in [4.69, 9.17) is 9.84 Å². The van der Waals surface area contributed by atoms with Gasteiger partial charge in [0, 0.05) is 6.54 Å². The van der Waals surface area contributed by atoms with Crippen LogP contribution in [0.4, 0.5) is 0 Å². The Morgan fingerprint density at radius 2 is 2.38 bits per heavy atom. The van der Waals surface area contributed by atoms with Crippen molar-refractivity contribution in [1.82, 2.24) is 10.3 Å². The highest BCUT2D eigenvalue weighted by atomic mass is 32.1. The number of carboxylic acid groups (broad SMARTS) is 1. The molecule has 0 saturated carbocycles. The summed E-state index contributed by atoms with van der Waals surface area (Å²) in [6, 6.07) is 0. The van der Waals surface area contributed by atoms with E-state index in [1.54, 1.807) is 0 Å². The van der Waals surface area contributed by atoms with Gasteiger partial charge < -0.3 is 15.2 Å². The smallest absolute Gasteiger partial charge is 0.329 e. The summed E-state index contributed by atoms with van der Waals surface area (Å²) >= 11 is 1.31. The Kier molecular flexibility index (Phi) is 4.87. The number of carbonyl (C=O) groups excluding carboxylic acids is 1. The van der Waals surface area contributed by atoms with E-state index in [0.29, 0.717) is 4.88 Å². The van der Waals surface area contributed by atoms with Crippen molar-refractivity contribution in [1.29, 1.82) is 0 Å². The van der Waals surface area contributed by atoms with Gasteiger partial charge in [0.15, 0.2) is 0 Å². The van der Waals surface area contributed by atoms with E-state index < -0.39 is 5.97 Å². The number of aliphatic carboxylic acids is 1. The van der Waals surface area contributed by atoms with Gasteiger partial charge in [-0.25, -0.2) is 9.78 Å². The Labute approximate surface area is 96.3 Å². The van der Waals surface area contributed by atoms with Gasteiger partial charge in [-0.05, 0) is 6.92 Å². The molecular weight excluding hydrogens is 232 g/mol. The van der Waals surface area contributed by atoms with Crippen LogP contribution in [0, 0.1) is 6.92 Å². The van der Waals surface area contributed by atoms with Gasteiger partial charge in [0.1, 0.15) is 11.5 Å². The molecule has 6 nitrogen and oxygen atoms in total. The van der Waals surface area contributed by atoms with Crippen LogP contribution < -0.4 is 5.32 Å². The summed E-state index contributed by atoms with van der Waals surface area (Å²) in [6.07, 6.45) is 1.51. The molecule has 7 heteroatoms. The molecule has 1 aromatic rings. The number of aryl methyl sites for hydroxylation is 1. The maximum Gasteiger partial charge on any atom is 0.329 e. The standard InChI is InChI=1S/C9H12N2O4S/c1-6-11-4-7(16-6)9(14)10-2-3-15-5-8(12)13/h4H,2-3,5H2,1H3,(H,10,14)(H,12,13). The lowest BCUT2D eigenvalue weighted by molar-refractivity contribution is -0.142. The third-order valence-corrected chi connectivity index (χ3v) is 2.51. The summed E-state index contributed by atoms with van der Waals surface area (Å²) in [5, 5.41) is 11.7. The van der Waals surface area contributed by atoms with Crippen molar-refractivity contribution in [2.45, 2.75) is 6.92 Å². The lowest BCUT2D eigenvalue weighted by atomic mass is 10.5. The third-order valence-electron chi connectivity index (χ3n) is 1.60. The van der Waals surface area contributed by atoms with Crippen LogP contribution in [0.1, 0.15) is 14.7 Å². The van der Waals surface area contributed by atoms with E-state index in [0.717, 1.165) is 5.01 Å². The minimum Gasteiger partial charge on any atom is -0.480 e. The van der Waals surface area contributed by atoms with Crippen molar-refractivity contribution >= 4 is 23.2 Å². The van der Waals surface area contributed by atoms with E-state index in [1.807, 2.05) is 6.92 Å². The second-order valence-electron chi connectivity index (χ2n) is 2.95. The number of carbonyl (C=O) groups is 2. The van der Waals surface area contributed by atoms with E-state index in [2.05, 4.69) is 10.3 Å². The molecule has 0 bridgehead atoms. The molecule has 0 spiro atoms. The van der Waals surface area contributed by atoms with Crippen molar-refractivity contribution < 1.29 is 19.4 Å². The van der Waals surface area contributed by atoms with Gasteiger partial charge in [-0.2, -0.15) is 0 Å². The first kappa shape index (κ1) is 12.6. The molecule has 0 aliphatic rings. The average molecular weight is 244 g/mol. The minimum absolute atomic E-state index is 0.176. The highest BCUT2D eigenvalue weighted by Crippen LogP contribution is 2.10. The van der Waals surface area contributed by atoms with Crippen molar-refractivity contribution in [2.24, 2.45) is 0 Å². The molecule has 16 heavy (non-hydrogen) atoms. The highest BCUT2D eigenvalue weighted by molar-refractivity contribution is 7.13. The van der Waals surface area contributed by atoms with Crippen LogP contribution in [-0.4, -0.2) is 41.7 Å². The van der Waals surface area contributed by atoms with Crippen LogP contribution in [0.25, 0.3) is 0 Å². The molecular formula is C9H12N2O4S. The first-order valence-electron chi connectivity index (χ1n) is 4.60. The van der Waals surface area contributed by atoms with Crippen LogP contribution in [0.2, 0.25) is 0 Å². The van der Waals surface area contributed by atoms with Crippen LogP contribution in [0.5, 0.6) is 0 Å². The number of nitrogens with one attached hydrogen (secondary N) is 1. The fraction of sp³-hybridized carbons (Fsp3) is 0.444. The van der Waals surface area contributed by atoms with Crippen LogP contribution in [-0.2, 0) is 9.53 Å². The molecule has 0 unspecified atom stereocenters. The SMILES string of the molecule is Cc1ncc(C(=O)NCCOCC(=O)O)s1. The topological polar surface area (TPSA) is 88.5 Å². The number of thiazole rings is 1. The zero-order valence-electron chi connectivity index (χ0n) is 8.73. The fourth-order valence-electron chi connectivity index (χ4n) is 0.950. The van der Waals surface area contributed by atoms with Crippen LogP contribution in [0.3, 0.4) is 0 Å². The third kappa shape index (κ3) is 4.37. The predicted octanol–water partition coefficient (Wildman–Crippen LogP) is 0.283. The van der Waals surface area contributed by atoms with Gasteiger partial charge in [0.05, 0.1) is 17.8 Å². The van der Waals surface area contributed by atoms with Crippen molar-refractivity contribution in [3.05, 3.63) is 16.1 Å². The molecule has 1 heterocycles. The van der Waals surface area contributed by atoms with Crippen molar-refractivity contribution in [3.8, 4) is 0 Å². The maximum atomic E-state index is 11.4. The van der Waals surface area contributed by atoms with E-state index in [9.17, 15) is 9.59 Å². The van der Waals surface area contributed by atoms with Gasteiger partial charge in [-0.1, -0.05) is 0 Å². The summed E-state index contributed by atoms with van der Waals surface area (Å²) in [5.41, 5.74) is 0. The Bertz CT molecular complexity index is 377. The molecule has 1 rings (SSSR count). The second kappa shape index (κ2) is 6.19. The summed E-state index contributed by atoms with van der Waals surface area (Å²) in [6.45, 7) is 1.92. The monoisotopic (exact) mass is 244 g/mol. The van der Waals surface area contributed by atoms with Gasteiger partial charge in [-0.15, -0.1) is 11.3 Å². The molecule has 0 saturated heterocycles. The van der Waals surface area contributed by atoms with Crippen LogP contribution >= 0.6 is 11.3 Å². The maximum absolute atomic E-state index is 11.4. The lowest BCUT2D eigenvalue weighted by Gasteiger charge is -2.02. The minimum atomic E-state index is -1.02. The van der Waals surface area contributed by atoms with Gasteiger partial charge in [0.25, 0.3) is 5.91 Å². The molecule has 1 amide bonds. The van der Waals surface area contributed by atoms with E-state index in [1.165, 1.54) is 17.5 Å². The average Bonchev–Trinajstić information content (AvgIpc) is 2.63. The summed E-state index contributed by atoms with van der Waals surface area (Å²) in [5.74, 6) is -1.24. The number of hydrogen-bond donors (Lipinski definition) is 2. The first-order chi connectivity index (χ1) is 7.59. The molecule has 0 radical (unpaired) electrons. The molecule has 0 aliphatic heterocycles. The summed E-state index contributed by atoms with van der Waals surface area (Å²) < 4.78 is 4.76. The Hall–Kier alpha value is -1.47. The van der Waals surface area contributed by atoms with Crippen molar-refractivity contribution in [3.63, 3.8) is 0 Å². The molecule has 2 N–H and O–H groups in total. The number of ether oxygens (including phenoxy) is 1. The summed E-state index contributed by atoms with van der Waals surface area (Å²) in [7, 11) is 0. The molecule has 0 aliphatic carbocycles. The number of hydrogen-bond acceptors (Lipinski definition) is 5. The van der Waals surface area contributed by atoms with Gasteiger partial charge in [-0.3, -0.25) is 4.79 Å². The van der Waals surface area contributed by atoms with Gasteiger partial charge in [0.2, 0.25) is 0 Å². The zero-order chi connectivity index (χ0) is 12.0. The Morgan fingerprint density at radius 1 is 1.62 bits per heavy atom. The molecule has 0 fully saturated rings. The number of amides is 1. The van der Waals surface area contributed by atoms with Crippen molar-refractivity contribution in [2.75, 3.05) is 19.8 Å². The zero-order valence-corrected chi connectivity index (χ0v) is 9.54. The summed E-state index contributed by atoms with van der Waals surface area (Å²) in [4.78, 5) is 26.0. The quantitative estimate of drug-likeness (QED) is 0.702. The first-order valence-corrected chi connectivity index (χ1v) is 5.41. The number of carboxylic acids is 1. The Balaban J connectivity index is 2.18. The number of aromatic nitrogens is 1. The van der Waals surface area contributed by atoms with E-state index in [-0.39, 0.29) is 25.7 Å². The fourth-order valence-corrected chi connectivity index (χ4v) is 1.64. The lowest BCUT2D eigenvalue weighted by Crippen LogP contribution is -2.27. The Morgan fingerprint density at radius 3 is 2.94 bits per heavy atom. The van der Waals surface area contributed by atoms with E-state index >= 15 is 0 Å². The molecule has 88 valence electrons. The van der Waals surface area contributed by atoms with Gasteiger partial charge >= 0.3 is 5.97 Å². The normalized spacial score (nSPS) is 10.1. The number of nitrogens with zero attached hydrogens (tertiary/aromatic N) is 1. The molecule has 0 atom stereocenters. The predicted molar refractivity (Wildman–Crippen MR) is 57.6 cm³/mol. The number of rotatable bonds is 6. The highest BCUT2D eigenvalue weighted by Gasteiger charge is 2.07. The molecule has 0 aromatic carbocycles.